The van der Waals surface area contributed by atoms with Gasteiger partial charge in [0.05, 0.1) is 11.8 Å². The number of hydrogen-bond acceptors (Lipinski definition) is 5. The molecule has 2 N–H and O–H groups in total. The van der Waals surface area contributed by atoms with Crippen LogP contribution in [0.3, 0.4) is 0 Å². The maximum atomic E-state index is 12.0. The van der Waals surface area contributed by atoms with Crippen molar-refractivity contribution in [2.24, 2.45) is 0 Å². The van der Waals surface area contributed by atoms with Crippen molar-refractivity contribution in [1.82, 2.24) is 15.0 Å². The highest BCUT2D eigenvalue weighted by Gasteiger charge is 2.19. The van der Waals surface area contributed by atoms with Crippen molar-refractivity contribution in [1.29, 1.82) is 0 Å². The number of rotatable bonds is 8. The van der Waals surface area contributed by atoms with Crippen molar-refractivity contribution < 1.29 is 13.2 Å². The average Bonchev–Trinajstić information content (AvgIpc) is 2.44. The van der Waals surface area contributed by atoms with E-state index < -0.39 is 16.1 Å². The highest BCUT2D eigenvalue weighted by molar-refractivity contribution is 7.89. The van der Waals surface area contributed by atoms with Crippen LogP contribution in [-0.2, 0) is 21.4 Å². The Labute approximate surface area is 132 Å². The molecule has 0 aliphatic carbocycles. The molecule has 0 aliphatic heterocycles. The third-order valence-corrected chi connectivity index (χ3v) is 4.63. The molecule has 0 saturated heterocycles. The second-order valence-electron chi connectivity index (χ2n) is 5.26. The molecule has 0 fully saturated rings. The second kappa shape index (κ2) is 8.09. The number of amides is 1. The summed E-state index contributed by atoms with van der Waals surface area (Å²) in [5, 5.41) is 2.73. The van der Waals surface area contributed by atoms with Gasteiger partial charge in [-0.2, -0.15) is 0 Å². The summed E-state index contributed by atoms with van der Waals surface area (Å²) < 4.78 is 25.7. The predicted molar refractivity (Wildman–Crippen MR) is 87.1 cm³/mol. The molecule has 124 valence electrons. The van der Waals surface area contributed by atoms with Gasteiger partial charge >= 0.3 is 0 Å². The molecule has 0 saturated carbocycles. The van der Waals surface area contributed by atoms with Crippen molar-refractivity contribution in [2.75, 3.05) is 24.7 Å². The molecular weight excluding hydrogens is 304 g/mol. The summed E-state index contributed by atoms with van der Waals surface area (Å²) in [7, 11) is 0.329. The monoisotopic (exact) mass is 328 g/mol. The van der Waals surface area contributed by atoms with E-state index in [-0.39, 0.29) is 11.7 Å². The summed E-state index contributed by atoms with van der Waals surface area (Å²) in [4.78, 5) is 18.1. The lowest BCUT2D eigenvalue weighted by Gasteiger charge is -2.17. The molecule has 1 aromatic heterocycles. The second-order valence-corrected chi connectivity index (χ2v) is 7.13. The third kappa shape index (κ3) is 5.61. The van der Waals surface area contributed by atoms with Crippen LogP contribution in [0.1, 0.15) is 25.8 Å². The minimum atomic E-state index is -3.41. The van der Waals surface area contributed by atoms with Gasteiger partial charge in [0, 0.05) is 32.4 Å². The van der Waals surface area contributed by atoms with E-state index in [0.29, 0.717) is 13.0 Å². The minimum absolute atomic E-state index is 0.0119. The summed E-state index contributed by atoms with van der Waals surface area (Å²) in [5.74, 6) is 0.410. The molecule has 0 unspecified atom stereocenters. The van der Waals surface area contributed by atoms with Crippen LogP contribution in [0.4, 0.5) is 5.82 Å². The molecule has 0 aromatic carbocycles. The summed E-state index contributed by atoms with van der Waals surface area (Å²) in [6.07, 6.45) is 2.19. The van der Waals surface area contributed by atoms with Crippen molar-refractivity contribution in [2.45, 2.75) is 32.9 Å². The van der Waals surface area contributed by atoms with Crippen molar-refractivity contribution in [3.05, 3.63) is 23.9 Å². The van der Waals surface area contributed by atoms with Crippen molar-refractivity contribution >= 4 is 21.7 Å². The van der Waals surface area contributed by atoms with Crippen LogP contribution in [0.25, 0.3) is 0 Å². The molecule has 1 heterocycles. The van der Waals surface area contributed by atoms with Gasteiger partial charge in [0.15, 0.2) is 0 Å². The van der Waals surface area contributed by atoms with Gasteiger partial charge in [0.1, 0.15) is 5.82 Å². The summed E-state index contributed by atoms with van der Waals surface area (Å²) in [6.45, 7) is 3.59. The Bertz CT molecular complexity index is 602. The molecule has 7 nitrogen and oxygen atoms in total. The molecular formula is C14H24N4O3S. The smallest absolute Gasteiger partial charge is 0.238 e. The molecule has 22 heavy (non-hydrogen) atoms. The van der Waals surface area contributed by atoms with Gasteiger partial charge in [-0.25, -0.2) is 18.1 Å². The Hall–Kier alpha value is -1.67. The number of aromatic nitrogens is 1. The Morgan fingerprint density at radius 3 is 2.68 bits per heavy atom. The zero-order valence-corrected chi connectivity index (χ0v) is 14.3. The SMILES string of the molecule is CCCS(=O)(=O)N[C@H](C)C(=O)NCc1cccnc1N(C)C. The van der Waals surface area contributed by atoms with Gasteiger partial charge < -0.3 is 10.2 Å². The van der Waals surface area contributed by atoms with Gasteiger partial charge in [-0.1, -0.05) is 13.0 Å². The van der Waals surface area contributed by atoms with Crippen LogP contribution < -0.4 is 14.9 Å². The maximum absolute atomic E-state index is 12.0. The topological polar surface area (TPSA) is 91.4 Å². The fourth-order valence-electron chi connectivity index (χ4n) is 1.96. The summed E-state index contributed by atoms with van der Waals surface area (Å²) >= 11 is 0. The number of carbonyl (C=O) groups excluding carboxylic acids is 1. The predicted octanol–water partition coefficient (Wildman–Crippen LogP) is 0.482. The van der Waals surface area contributed by atoms with Gasteiger partial charge in [-0.05, 0) is 19.4 Å². The van der Waals surface area contributed by atoms with Crippen molar-refractivity contribution in [3.8, 4) is 0 Å². The van der Waals surface area contributed by atoms with E-state index in [9.17, 15) is 13.2 Å². The van der Waals surface area contributed by atoms with E-state index in [0.717, 1.165) is 11.4 Å². The maximum Gasteiger partial charge on any atom is 0.238 e. The zero-order chi connectivity index (χ0) is 16.8. The number of nitrogens with one attached hydrogen (secondary N) is 2. The van der Waals surface area contributed by atoms with E-state index in [1.54, 1.807) is 19.2 Å². The molecule has 8 heteroatoms. The highest BCUT2D eigenvalue weighted by atomic mass is 32.2. The van der Waals surface area contributed by atoms with E-state index in [2.05, 4.69) is 15.0 Å². The van der Waals surface area contributed by atoms with Gasteiger partial charge in [0.2, 0.25) is 15.9 Å². The van der Waals surface area contributed by atoms with Crippen LogP contribution in [0.2, 0.25) is 0 Å². The molecule has 0 bridgehead atoms. The molecule has 0 radical (unpaired) electrons. The standard InChI is InChI=1S/C14H24N4O3S/c1-5-9-22(20,21)17-11(2)14(19)16-10-12-7-6-8-15-13(12)18(3)4/h6-8,11,17H,5,9-10H2,1-4H3,(H,16,19)/t11-/m1/s1. The molecule has 1 rings (SSSR count). The van der Waals surface area contributed by atoms with Crippen LogP contribution in [0, 0.1) is 0 Å². The van der Waals surface area contributed by atoms with Crippen LogP contribution in [-0.4, -0.2) is 45.2 Å². The first kappa shape index (κ1) is 18.4. The number of pyridine rings is 1. The average molecular weight is 328 g/mol. The zero-order valence-electron chi connectivity index (χ0n) is 13.5. The normalized spacial score (nSPS) is 12.7. The van der Waals surface area contributed by atoms with E-state index in [1.807, 2.05) is 25.1 Å². The fraction of sp³-hybridized carbons (Fsp3) is 0.571. The van der Waals surface area contributed by atoms with E-state index >= 15 is 0 Å². The first-order valence-electron chi connectivity index (χ1n) is 7.15. The number of hydrogen-bond donors (Lipinski definition) is 2. The Morgan fingerprint density at radius 1 is 1.41 bits per heavy atom. The summed E-state index contributed by atoms with van der Waals surface area (Å²) in [6, 6.07) is 2.85. The third-order valence-electron chi connectivity index (χ3n) is 2.97. The first-order valence-corrected chi connectivity index (χ1v) is 8.81. The number of anilines is 1. The lowest BCUT2D eigenvalue weighted by molar-refractivity contribution is -0.122. The summed E-state index contributed by atoms with van der Waals surface area (Å²) in [5.41, 5.74) is 0.865. The van der Waals surface area contributed by atoms with Gasteiger partial charge in [-0.3, -0.25) is 4.79 Å². The van der Waals surface area contributed by atoms with Gasteiger partial charge in [-0.15, -0.1) is 0 Å². The van der Waals surface area contributed by atoms with Crippen LogP contribution >= 0.6 is 0 Å². The first-order chi connectivity index (χ1) is 10.3. The fourth-order valence-corrected chi connectivity index (χ4v) is 3.26. The number of sulfonamides is 1. The molecule has 1 amide bonds. The minimum Gasteiger partial charge on any atom is -0.362 e. The Kier molecular flexibility index (Phi) is 6.76. The Morgan fingerprint density at radius 2 is 2.09 bits per heavy atom. The van der Waals surface area contributed by atoms with Crippen molar-refractivity contribution in [3.63, 3.8) is 0 Å². The quantitative estimate of drug-likeness (QED) is 0.724. The molecule has 0 spiro atoms. The van der Waals surface area contributed by atoms with Crippen LogP contribution in [0.15, 0.2) is 18.3 Å². The number of nitrogens with zero attached hydrogens (tertiary/aromatic N) is 2. The largest absolute Gasteiger partial charge is 0.362 e. The highest BCUT2D eigenvalue weighted by Crippen LogP contribution is 2.13. The van der Waals surface area contributed by atoms with Gasteiger partial charge in [0.25, 0.3) is 0 Å². The van der Waals surface area contributed by atoms with E-state index in [1.165, 1.54) is 6.92 Å². The van der Waals surface area contributed by atoms with E-state index in [4.69, 9.17) is 0 Å². The molecule has 1 aromatic rings. The lowest BCUT2D eigenvalue weighted by Crippen LogP contribution is -2.45. The molecule has 0 aliphatic rings. The van der Waals surface area contributed by atoms with Crippen LogP contribution in [0.5, 0.6) is 0 Å². The lowest BCUT2D eigenvalue weighted by atomic mass is 10.2. The number of carbonyl (C=O) groups is 1. The molecule has 1 atom stereocenters. The Balaban J connectivity index is 2.63.